The summed E-state index contributed by atoms with van der Waals surface area (Å²) in [5.41, 5.74) is 0.0707. The number of anilines is 1. The number of rotatable bonds is 7. The van der Waals surface area contributed by atoms with E-state index in [9.17, 15) is 19.5 Å². The van der Waals surface area contributed by atoms with Crippen molar-refractivity contribution in [3.8, 4) is 5.75 Å². The lowest BCUT2D eigenvalue weighted by Crippen LogP contribution is -2.67. The van der Waals surface area contributed by atoms with Crippen LogP contribution in [0.3, 0.4) is 0 Å². The zero-order valence-electron chi connectivity index (χ0n) is 16.4. The first kappa shape index (κ1) is 21.4. The van der Waals surface area contributed by atoms with Gasteiger partial charge in [0.1, 0.15) is 38.5 Å². The minimum atomic E-state index is -0.909. The number of ketones is 2. The fourth-order valence-electron chi connectivity index (χ4n) is 3.12. The Morgan fingerprint density at radius 1 is 1.31 bits per heavy atom. The highest BCUT2D eigenvalue weighted by molar-refractivity contribution is 7.19. The van der Waals surface area contributed by atoms with Crippen LogP contribution in [-0.4, -0.2) is 53.7 Å². The number of hydrogen-bond acceptors (Lipinski definition) is 8. The lowest BCUT2D eigenvalue weighted by Gasteiger charge is -2.36. The van der Waals surface area contributed by atoms with Crippen LogP contribution in [0.15, 0.2) is 16.5 Å². The molecule has 3 atom stereocenters. The van der Waals surface area contributed by atoms with Crippen molar-refractivity contribution in [1.29, 1.82) is 0 Å². The van der Waals surface area contributed by atoms with Crippen molar-refractivity contribution in [1.82, 2.24) is 10.2 Å². The summed E-state index contributed by atoms with van der Waals surface area (Å²) in [5, 5.41) is 16.4. The maximum Gasteiger partial charge on any atom is 0.267 e. The number of nitrogens with one attached hydrogen (secondary N) is 2. The molecule has 1 saturated carbocycles. The van der Waals surface area contributed by atoms with Crippen molar-refractivity contribution in [2.45, 2.75) is 38.4 Å². The molecule has 0 aromatic carbocycles. The molecule has 2 aromatic heterocycles. The SMILES string of the molecule is CC[C@@H](NC1C(=O)C(=O)C1Nc1c(Cl)sc(C(=O)N(C)C)c1O)c1ccc(C)o1. The number of carbonyl (C=O) groups is 3. The Morgan fingerprint density at radius 2 is 1.97 bits per heavy atom. The molecule has 156 valence electrons. The maximum absolute atomic E-state index is 12.2. The van der Waals surface area contributed by atoms with Crippen molar-refractivity contribution in [3.05, 3.63) is 32.9 Å². The smallest absolute Gasteiger partial charge is 0.267 e. The summed E-state index contributed by atoms with van der Waals surface area (Å²) in [6.07, 6.45) is 0.642. The molecule has 0 aliphatic heterocycles. The van der Waals surface area contributed by atoms with E-state index in [4.69, 9.17) is 16.0 Å². The number of aryl methyl sites for hydroxylation is 1. The van der Waals surface area contributed by atoms with Crippen LogP contribution < -0.4 is 10.6 Å². The van der Waals surface area contributed by atoms with Gasteiger partial charge in [-0.1, -0.05) is 18.5 Å². The monoisotopic (exact) mass is 439 g/mol. The molecule has 1 aliphatic carbocycles. The first-order valence-electron chi connectivity index (χ1n) is 9.05. The van der Waals surface area contributed by atoms with E-state index in [1.807, 2.05) is 26.0 Å². The molecule has 8 nitrogen and oxygen atoms in total. The van der Waals surface area contributed by atoms with E-state index in [1.54, 1.807) is 14.1 Å². The molecule has 0 spiro atoms. The van der Waals surface area contributed by atoms with Gasteiger partial charge in [-0.15, -0.1) is 11.3 Å². The molecule has 0 radical (unpaired) electrons. The quantitative estimate of drug-likeness (QED) is 0.568. The fourth-order valence-corrected chi connectivity index (χ4v) is 4.40. The molecular formula is C19H22ClN3O5S. The molecule has 3 rings (SSSR count). The first-order valence-corrected chi connectivity index (χ1v) is 10.2. The first-order chi connectivity index (χ1) is 13.6. The Kier molecular flexibility index (Phi) is 6.02. The minimum Gasteiger partial charge on any atom is -0.504 e. The molecule has 0 saturated heterocycles. The van der Waals surface area contributed by atoms with Gasteiger partial charge in [0.25, 0.3) is 5.91 Å². The molecule has 10 heteroatoms. The molecular weight excluding hydrogens is 418 g/mol. The van der Waals surface area contributed by atoms with Crippen molar-refractivity contribution in [2.75, 3.05) is 19.4 Å². The second-order valence-corrected chi connectivity index (χ2v) is 8.65. The Morgan fingerprint density at radius 3 is 2.52 bits per heavy atom. The van der Waals surface area contributed by atoms with Gasteiger partial charge in [0.15, 0.2) is 5.75 Å². The molecule has 1 amide bonds. The van der Waals surface area contributed by atoms with Crippen molar-refractivity contribution in [2.24, 2.45) is 0 Å². The van der Waals surface area contributed by atoms with Crippen LogP contribution in [-0.2, 0) is 9.59 Å². The highest BCUT2D eigenvalue weighted by Gasteiger charge is 2.50. The van der Waals surface area contributed by atoms with Crippen molar-refractivity contribution < 1.29 is 23.9 Å². The van der Waals surface area contributed by atoms with Crippen LogP contribution in [0.1, 0.15) is 40.6 Å². The second-order valence-electron chi connectivity index (χ2n) is 7.03. The third kappa shape index (κ3) is 3.90. The van der Waals surface area contributed by atoms with E-state index in [-0.39, 0.29) is 26.7 Å². The van der Waals surface area contributed by atoms with Crippen LogP contribution in [0.5, 0.6) is 5.75 Å². The molecule has 2 heterocycles. The summed E-state index contributed by atoms with van der Waals surface area (Å²) in [7, 11) is 3.11. The Hall–Kier alpha value is -2.36. The predicted octanol–water partition coefficient (Wildman–Crippen LogP) is 2.75. The van der Waals surface area contributed by atoms with E-state index in [2.05, 4.69) is 10.6 Å². The predicted molar refractivity (Wildman–Crippen MR) is 110 cm³/mol. The molecule has 2 unspecified atom stereocenters. The fraction of sp³-hybridized carbons (Fsp3) is 0.421. The number of amides is 1. The largest absolute Gasteiger partial charge is 0.504 e. The van der Waals surface area contributed by atoms with Crippen LogP contribution >= 0.6 is 22.9 Å². The normalized spacial score (nSPS) is 19.8. The minimum absolute atomic E-state index is 0.0580. The van der Waals surface area contributed by atoms with Gasteiger partial charge in [-0.3, -0.25) is 19.7 Å². The van der Waals surface area contributed by atoms with Gasteiger partial charge in [0, 0.05) is 14.1 Å². The van der Waals surface area contributed by atoms with Gasteiger partial charge in [0.2, 0.25) is 11.6 Å². The summed E-state index contributed by atoms with van der Waals surface area (Å²) in [6.45, 7) is 3.76. The number of aromatic hydroxyl groups is 1. The van der Waals surface area contributed by atoms with Crippen LogP contribution in [0.2, 0.25) is 4.34 Å². The molecule has 1 fully saturated rings. The number of carbonyl (C=O) groups excluding carboxylic acids is 3. The summed E-state index contributed by atoms with van der Waals surface area (Å²) in [4.78, 5) is 37.9. The maximum atomic E-state index is 12.2. The van der Waals surface area contributed by atoms with Crippen molar-refractivity contribution >= 4 is 46.1 Å². The number of furan rings is 1. The van der Waals surface area contributed by atoms with Gasteiger partial charge in [0.05, 0.1) is 6.04 Å². The topological polar surface area (TPSA) is 112 Å². The summed E-state index contributed by atoms with van der Waals surface area (Å²) >= 11 is 7.09. The van der Waals surface area contributed by atoms with E-state index >= 15 is 0 Å². The number of nitrogens with zero attached hydrogens (tertiary/aromatic N) is 1. The number of thiophene rings is 1. The zero-order chi connectivity index (χ0) is 21.5. The summed E-state index contributed by atoms with van der Waals surface area (Å²) < 4.78 is 5.76. The molecule has 3 N–H and O–H groups in total. The van der Waals surface area contributed by atoms with Crippen LogP contribution in [0.25, 0.3) is 0 Å². The molecule has 2 aromatic rings. The molecule has 1 aliphatic rings. The average Bonchev–Trinajstić information content (AvgIpc) is 3.23. The van der Waals surface area contributed by atoms with Gasteiger partial charge >= 0.3 is 0 Å². The van der Waals surface area contributed by atoms with Gasteiger partial charge in [-0.05, 0) is 25.5 Å². The number of Topliss-reactive ketones (excluding diaryl/α,β-unsaturated/α-hetero) is 2. The second kappa shape index (κ2) is 8.17. The van der Waals surface area contributed by atoms with Crippen LogP contribution in [0.4, 0.5) is 5.69 Å². The third-order valence-corrected chi connectivity index (χ3v) is 6.15. The molecule has 0 bridgehead atoms. The van der Waals surface area contributed by atoms with E-state index in [0.717, 1.165) is 17.1 Å². The Bertz CT molecular complexity index is 967. The zero-order valence-corrected chi connectivity index (χ0v) is 18.0. The van der Waals surface area contributed by atoms with Crippen molar-refractivity contribution in [3.63, 3.8) is 0 Å². The van der Waals surface area contributed by atoms with E-state index in [1.165, 1.54) is 4.90 Å². The Labute approximate surface area is 176 Å². The number of hydrogen-bond donors (Lipinski definition) is 3. The van der Waals surface area contributed by atoms with Gasteiger partial charge < -0.3 is 19.7 Å². The average molecular weight is 440 g/mol. The van der Waals surface area contributed by atoms with E-state index < -0.39 is 29.6 Å². The number of halogens is 1. The summed E-state index contributed by atoms with van der Waals surface area (Å²) in [6, 6.07) is 1.68. The van der Waals surface area contributed by atoms with E-state index in [0.29, 0.717) is 12.2 Å². The van der Waals surface area contributed by atoms with Crippen LogP contribution in [0, 0.1) is 6.92 Å². The Balaban J connectivity index is 1.81. The van der Waals surface area contributed by atoms with Gasteiger partial charge in [-0.25, -0.2) is 0 Å². The third-order valence-electron chi connectivity index (χ3n) is 4.78. The van der Waals surface area contributed by atoms with Gasteiger partial charge in [-0.2, -0.15) is 0 Å². The highest BCUT2D eigenvalue weighted by atomic mass is 35.5. The lowest BCUT2D eigenvalue weighted by molar-refractivity contribution is -0.145. The lowest BCUT2D eigenvalue weighted by atomic mass is 9.82. The molecule has 29 heavy (non-hydrogen) atoms. The standard InChI is InChI=1S/C19H22ClN3O5S/c1-5-9(10-7-6-8(2)28-10)21-11-12(15(25)14(11)24)22-13-16(26)17(29-18(13)20)19(27)23(3)4/h6-7,9,11-12,21-22,26H,5H2,1-4H3/t9-,11?,12?/m1/s1. The summed E-state index contributed by atoms with van der Waals surface area (Å²) in [5.74, 6) is -0.495. The highest BCUT2D eigenvalue weighted by Crippen LogP contribution is 2.44.